The summed E-state index contributed by atoms with van der Waals surface area (Å²) in [7, 11) is 0. The molecular formula is C41H42O5. The molecule has 5 aromatic rings. The first-order chi connectivity index (χ1) is 22.8. The van der Waals surface area contributed by atoms with Crippen LogP contribution in [0.1, 0.15) is 34.2 Å². The van der Waals surface area contributed by atoms with Crippen LogP contribution in [-0.4, -0.2) is 30.5 Å². The third-order valence-corrected chi connectivity index (χ3v) is 8.31. The Kier molecular flexibility index (Phi) is 11.8. The first-order valence-electron chi connectivity index (χ1n) is 16.1. The fourth-order valence-corrected chi connectivity index (χ4v) is 5.88. The lowest BCUT2D eigenvalue weighted by atomic mass is 9.86. The average molecular weight is 615 g/mol. The highest BCUT2D eigenvalue weighted by Crippen LogP contribution is 2.34. The van der Waals surface area contributed by atoms with E-state index in [9.17, 15) is 0 Å². The van der Waals surface area contributed by atoms with E-state index in [2.05, 4.69) is 60.7 Å². The van der Waals surface area contributed by atoms with E-state index < -0.39 is 18.3 Å². The van der Waals surface area contributed by atoms with Crippen molar-refractivity contribution >= 4 is 0 Å². The van der Waals surface area contributed by atoms with Crippen molar-refractivity contribution in [2.24, 2.45) is 0 Å². The number of rotatable bonds is 15. The van der Waals surface area contributed by atoms with Gasteiger partial charge in [0.2, 0.25) is 0 Å². The van der Waals surface area contributed by atoms with Crippen LogP contribution in [0.15, 0.2) is 152 Å². The zero-order chi connectivity index (χ0) is 31.2. The van der Waals surface area contributed by atoms with Crippen LogP contribution in [-0.2, 0) is 56.7 Å². The maximum Gasteiger partial charge on any atom is 0.115 e. The first kappa shape index (κ1) is 31.9. The van der Waals surface area contributed by atoms with E-state index >= 15 is 0 Å². The fraction of sp³-hybridized carbons (Fsp3) is 0.268. The molecule has 0 amide bonds. The van der Waals surface area contributed by atoms with Gasteiger partial charge in [0.15, 0.2) is 0 Å². The molecule has 0 spiro atoms. The fourth-order valence-electron chi connectivity index (χ4n) is 5.88. The number of benzene rings is 5. The molecule has 5 heteroatoms. The minimum Gasteiger partial charge on any atom is -0.371 e. The van der Waals surface area contributed by atoms with E-state index in [4.69, 9.17) is 23.7 Å². The topological polar surface area (TPSA) is 46.2 Å². The molecular weight excluding hydrogens is 572 g/mol. The quantitative estimate of drug-likeness (QED) is 0.119. The Labute approximate surface area is 272 Å². The van der Waals surface area contributed by atoms with E-state index in [0.717, 1.165) is 27.8 Å². The van der Waals surface area contributed by atoms with E-state index in [1.807, 2.05) is 91.0 Å². The SMILES string of the molecule is c1ccc(COC2CC(OCc3ccccc3)C(OCc3ccccc3)C(OCc3ccccc3)C2OCc2ccccc2)cc1. The van der Waals surface area contributed by atoms with Crippen molar-refractivity contribution < 1.29 is 23.7 Å². The lowest BCUT2D eigenvalue weighted by molar-refractivity contribution is -0.250. The second kappa shape index (κ2) is 17.0. The van der Waals surface area contributed by atoms with Gasteiger partial charge in [-0.3, -0.25) is 0 Å². The van der Waals surface area contributed by atoms with Crippen LogP contribution in [0.25, 0.3) is 0 Å². The smallest absolute Gasteiger partial charge is 0.115 e. The standard InChI is InChI=1S/C41H42O5/c1-6-16-32(17-7-1)27-42-37-26-38(43-28-33-18-8-2-9-19-33)40(45-30-35-22-12-4-13-23-35)41(46-31-36-24-14-5-15-25-36)39(37)44-29-34-20-10-3-11-21-34/h1-25,37-41H,26-31H2. The van der Waals surface area contributed by atoms with Crippen molar-refractivity contribution in [1.82, 2.24) is 0 Å². The van der Waals surface area contributed by atoms with Gasteiger partial charge in [-0.25, -0.2) is 0 Å². The first-order valence-corrected chi connectivity index (χ1v) is 16.1. The van der Waals surface area contributed by atoms with E-state index in [0.29, 0.717) is 39.5 Å². The minimum absolute atomic E-state index is 0.290. The number of hydrogen-bond donors (Lipinski definition) is 0. The number of hydrogen-bond acceptors (Lipinski definition) is 5. The maximum absolute atomic E-state index is 6.83. The Hall–Kier alpha value is -4.10. The van der Waals surface area contributed by atoms with Crippen molar-refractivity contribution in [2.75, 3.05) is 0 Å². The summed E-state index contributed by atoms with van der Waals surface area (Å²) in [5, 5.41) is 0. The molecule has 5 aromatic carbocycles. The third kappa shape index (κ3) is 9.23. The second-order valence-electron chi connectivity index (χ2n) is 11.7. The second-order valence-corrected chi connectivity index (χ2v) is 11.7. The predicted molar refractivity (Wildman–Crippen MR) is 180 cm³/mol. The molecule has 0 bridgehead atoms. The molecule has 0 radical (unpaired) electrons. The zero-order valence-electron chi connectivity index (χ0n) is 26.1. The van der Waals surface area contributed by atoms with Gasteiger partial charge in [0, 0.05) is 6.42 Å². The minimum atomic E-state index is -0.456. The van der Waals surface area contributed by atoms with E-state index in [-0.39, 0.29) is 12.2 Å². The van der Waals surface area contributed by atoms with Gasteiger partial charge in [-0.05, 0) is 27.8 Å². The van der Waals surface area contributed by atoms with Gasteiger partial charge >= 0.3 is 0 Å². The monoisotopic (exact) mass is 614 g/mol. The van der Waals surface area contributed by atoms with Crippen molar-refractivity contribution in [3.8, 4) is 0 Å². The Morgan fingerprint density at radius 2 is 0.543 bits per heavy atom. The summed E-state index contributed by atoms with van der Waals surface area (Å²) in [6.45, 7) is 2.20. The van der Waals surface area contributed by atoms with Crippen LogP contribution in [0.5, 0.6) is 0 Å². The molecule has 1 fully saturated rings. The molecule has 0 saturated heterocycles. The highest BCUT2D eigenvalue weighted by atomic mass is 16.6. The zero-order valence-corrected chi connectivity index (χ0v) is 26.1. The molecule has 4 atom stereocenters. The average Bonchev–Trinajstić information content (AvgIpc) is 3.13. The van der Waals surface area contributed by atoms with Gasteiger partial charge in [0.25, 0.3) is 0 Å². The highest BCUT2D eigenvalue weighted by Gasteiger charge is 2.48. The molecule has 1 aliphatic rings. The molecule has 46 heavy (non-hydrogen) atoms. The van der Waals surface area contributed by atoms with Crippen molar-refractivity contribution in [3.63, 3.8) is 0 Å². The van der Waals surface area contributed by atoms with Gasteiger partial charge < -0.3 is 23.7 Å². The molecule has 1 aliphatic carbocycles. The van der Waals surface area contributed by atoms with Crippen LogP contribution in [0.2, 0.25) is 0 Å². The molecule has 0 aliphatic heterocycles. The van der Waals surface area contributed by atoms with E-state index in [1.54, 1.807) is 0 Å². The summed E-state index contributed by atoms with van der Waals surface area (Å²) in [6.07, 6.45) is -1.23. The van der Waals surface area contributed by atoms with Crippen molar-refractivity contribution in [2.45, 2.75) is 70.0 Å². The molecule has 5 nitrogen and oxygen atoms in total. The van der Waals surface area contributed by atoms with Crippen LogP contribution in [0.3, 0.4) is 0 Å². The molecule has 4 unspecified atom stereocenters. The highest BCUT2D eigenvalue weighted by molar-refractivity contribution is 5.17. The van der Waals surface area contributed by atoms with Crippen molar-refractivity contribution in [1.29, 1.82) is 0 Å². The predicted octanol–water partition coefficient (Wildman–Crippen LogP) is 8.32. The lowest BCUT2D eigenvalue weighted by Crippen LogP contribution is -2.59. The Balaban J connectivity index is 1.31. The van der Waals surface area contributed by atoms with Gasteiger partial charge in [-0.15, -0.1) is 0 Å². The Morgan fingerprint density at radius 3 is 0.826 bits per heavy atom. The maximum atomic E-state index is 6.83. The van der Waals surface area contributed by atoms with Crippen LogP contribution < -0.4 is 0 Å². The van der Waals surface area contributed by atoms with Crippen molar-refractivity contribution in [3.05, 3.63) is 179 Å². The Bertz CT molecular complexity index is 1440. The molecule has 236 valence electrons. The summed E-state index contributed by atoms with van der Waals surface area (Å²) < 4.78 is 33.8. The van der Waals surface area contributed by atoms with Crippen LogP contribution in [0.4, 0.5) is 0 Å². The largest absolute Gasteiger partial charge is 0.371 e. The normalized spacial score (nSPS) is 21.2. The summed E-state index contributed by atoms with van der Waals surface area (Å²) in [5.41, 5.74) is 5.48. The van der Waals surface area contributed by atoms with E-state index in [1.165, 1.54) is 0 Å². The molecule has 0 aromatic heterocycles. The summed E-state index contributed by atoms with van der Waals surface area (Å²) >= 11 is 0. The van der Waals surface area contributed by atoms with Crippen LogP contribution >= 0.6 is 0 Å². The molecule has 0 N–H and O–H groups in total. The lowest BCUT2D eigenvalue weighted by Gasteiger charge is -2.46. The van der Waals surface area contributed by atoms with Gasteiger partial charge in [0.1, 0.15) is 18.3 Å². The third-order valence-electron chi connectivity index (χ3n) is 8.31. The summed E-state index contributed by atoms with van der Waals surface area (Å²) in [4.78, 5) is 0. The van der Waals surface area contributed by atoms with Gasteiger partial charge in [0.05, 0.1) is 45.2 Å². The summed E-state index contributed by atoms with van der Waals surface area (Å²) in [5.74, 6) is 0. The number of ether oxygens (including phenoxy) is 5. The molecule has 6 rings (SSSR count). The van der Waals surface area contributed by atoms with Gasteiger partial charge in [-0.2, -0.15) is 0 Å². The molecule has 1 saturated carbocycles. The van der Waals surface area contributed by atoms with Gasteiger partial charge in [-0.1, -0.05) is 152 Å². The van der Waals surface area contributed by atoms with Crippen LogP contribution in [0, 0.1) is 0 Å². The molecule has 0 heterocycles. The Morgan fingerprint density at radius 1 is 0.304 bits per heavy atom. The summed E-state index contributed by atoms with van der Waals surface area (Å²) in [6, 6.07) is 51.2.